The molecule has 4 nitrogen and oxygen atoms in total. The summed E-state index contributed by atoms with van der Waals surface area (Å²) in [5, 5.41) is 12.3. The molecular weight excluding hydrogens is 218 g/mol. The normalized spacial score (nSPS) is 12.4. The predicted octanol–water partition coefficient (Wildman–Crippen LogP) is 0.835. The molecule has 0 saturated carbocycles. The van der Waals surface area contributed by atoms with Gasteiger partial charge in [0.2, 0.25) is 0 Å². The average molecular weight is 239 g/mol. The van der Waals surface area contributed by atoms with E-state index in [-0.39, 0.29) is 12.6 Å². The molecule has 0 heterocycles. The zero-order valence-corrected chi connectivity index (χ0v) is 10.5. The molecule has 0 fully saturated rings. The molecule has 4 heteroatoms. The minimum absolute atomic E-state index is 0.0123. The Morgan fingerprint density at radius 3 is 2.47 bits per heavy atom. The number of hydrogen-bond donors (Lipinski definition) is 2. The third-order valence-electron chi connectivity index (χ3n) is 2.59. The molecule has 17 heavy (non-hydrogen) atoms. The highest BCUT2D eigenvalue weighted by atomic mass is 16.5. The second kappa shape index (κ2) is 8.06. The molecule has 0 radical (unpaired) electrons. The summed E-state index contributed by atoms with van der Waals surface area (Å²) in [6, 6.07) is 8.01. The van der Waals surface area contributed by atoms with Gasteiger partial charge in [-0.3, -0.25) is 0 Å². The van der Waals surface area contributed by atoms with E-state index < -0.39 is 0 Å². The van der Waals surface area contributed by atoms with E-state index in [1.54, 1.807) is 14.2 Å². The number of benzene rings is 1. The number of nitrogens with one attached hydrogen (secondary N) is 1. The van der Waals surface area contributed by atoms with Gasteiger partial charge in [-0.15, -0.1) is 0 Å². The van der Waals surface area contributed by atoms with E-state index in [4.69, 9.17) is 14.6 Å². The van der Waals surface area contributed by atoms with Crippen LogP contribution in [0.3, 0.4) is 0 Å². The van der Waals surface area contributed by atoms with Gasteiger partial charge in [0.25, 0.3) is 0 Å². The number of ether oxygens (including phenoxy) is 2. The molecule has 96 valence electrons. The molecule has 2 N–H and O–H groups in total. The van der Waals surface area contributed by atoms with Gasteiger partial charge < -0.3 is 19.9 Å². The van der Waals surface area contributed by atoms with Crippen LogP contribution in [0, 0.1) is 0 Å². The summed E-state index contributed by atoms with van der Waals surface area (Å²) in [5.41, 5.74) is 1.24. The number of aliphatic hydroxyl groups excluding tert-OH is 1. The van der Waals surface area contributed by atoms with Crippen molar-refractivity contribution in [2.24, 2.45) is 0 Å². The molecule has 0 aliphatic rings. The van der Waals surface area contributed by atoms with E-state index in [1.165, 1.54) is 5.56 Å². The van der Waals surface area contributed by atoms with Crippen molar-refractivity contribution in [1.29, 1.82) is 0 Å². The minimum atomic E-state index is 0.0123. The molecule has 0 saturated heterocycles. The number of hydrogen-bond acceptors (Lipinski definition) is 4. The Bertz CT molecular complexity index is 300. The third kappa shape index (κ3) is 5.17. The van der Waals surface area contributed by atoms with E-state index in [0.29, 0.717) is 6.61 Å². The van der Waals surface area contributed by atoms with Gasteiger partial charge >= 0.3 is 0 Å². The summed E-state index contributed by atoms with van der Waals surface area (Å²) < 4.78 is 10.1. The second-order valence-electron chi connectivity index (χ2n) is 3.89. The molecule has 1 aromatic rings. The first-order chi connectivity index (χ1) is 8.30. The van der Waals surface area contributed by atoms with E-state index in [0.717, 1.165) is 18.7 Å². The number of rotatable bonds is 8. The highest BCUT2D eigenvalue weighted by molar-refractivity contribution is 5.27. The maximum atomic E-state index is 9.06. The van der Waals surface area contributed by atoms with Gasteiger partial charge in [-0.05, 0) is 30.7 Å². The molecule has 1 rings (SSSR count). The SMILES string of the molecule is COCC(CO)NCCc1ccc(OC)cc1. The van der Waals surface area contributed by atoms with Crippen LogP contribution < -0.4 is 10.1 Å². The van der Waals surface area contributed by atoms with Gasteiger partial charge in [-0.1, -0.05) is 12.1 Å². The first kappa shape index (κ1) is 14.0. The van der Waals surface area contributed by atoms with Gasteiger partial charge in [-0.2, -0.15) is 0 Å². The van der Waals surface area contributed by atoms with Gasteiger partial charge in [0.05, 0.1) is 26.4 Å². The van der Waals surface area contributed by atoms with Crippen molar-refractivity contribution < 1.29 is 14.6 Å². The van der Waals surface area contributed by atoms with Crippen LogP contribution in [0.4, 0.5) is 0 Å². The zero-order chi connectivity index (χ0) is 12.5. The van der Waals surface area contributed by atoms with Crippen LogP contribution in [0.25, 0.3) is 0 Å². The maximum absolute atomic E-state index is 9.06. The highest BCUT2D eigenvalue weighted by Gasteiger charge is 2.05. The molecule has 1 aromatic carbocycles. The first-order valence-electron chi connectivity index (χ1n) is 5.76. The van der Waals surface area contributed by atoms with Crippen molar-refractivity contribution in [2.45, 2.75) is 12.5 Å². The van der Waals surface area contributed by atoms with Crippen LogP contribution in [-0.4, -0.2) is 45.1 Å². The van der Waals surface area contributed by atoms with Gasteiger partial charge in [-0.25, -0.2) is 0 Å². The number of aliphatic hydroxyl groups is 1. The standard InChI is InChI=1S/C13H21NO3/c1-16-10-12(9-15)14-8-7-11-3-5-13(17-2)6-4-11/h3-6,12,14-15H,7-10H2,1-2H3. The smallest absolute Gasteiger partial charge is 0.118 e. The Hall–Kier alpha value is -1.10. The molecule has 1 atom stereocenters. The van der Waals surface area contributed by atoms with Gasteiger partial charge in [0.1, 0.15) is 5.75 Å². The monoisotopic (exact) mass is 239 g/mol. The Morgan fingerprint density at radius 2 is 1.94 bits per heavy atom. The lowest BCUT2D eigenvalue weighted by molar-refractivity contribution is 0.129. The summed E-state index contributed by atoms with van der Waals surface area (Å²) in [5.74, 6) is 0.870. The van der Waals surface area contributed by atoms with Crippen molar-refractivity contribution >= 4 is 0 Å². The van der Waals surface area contributed by atoms with Gasteiger partial charge in [0.15, 0.2) is 0 Å². The van der Waals surface area contributed by atoms with Crippen molar-refractivity contribution in [2.75, 3.05) is 34.0 Å². The largest absolute Gasteiger partial charge is 0.497 e. The van der Waals surface area contributed by atoms with Crippen LogP contribution in [0.15, 0.2) is 24.3 Å². The van der Waals surface area contributed by atoms with E-state index in [9.17, 15) is 0 Å². The summed E-state index contributed by atoms with van der Waals surface area (Å²) >= 11 is 0. The lowest BCUT2D eigenvalue weighted by Crippen LogP contribution is -2.37. The van der Waals surface area contributed by atoms with E-state index in [1.807, 2.05) is 24.3 Å². The topological polar surface area (TPSA) is 50.7 Å². The Labute approximate surface area is 103 Å². The molecule has 0 amide bonds. The van der Waals surface area contributed by atoms with Crippen molar-refractivity contribution in [3.8, 4) is 5.75 Å². The van der Waals surface area contributed by atoms with Crippen LogP contribution in [0.5, 0.6) is 5.75 Å². The van der Waals surface area contributed by atoms with Crippen LogP contribution in [-0.2, 0) is 11.2 Å². The maximum Gasteiger partial charge on any atom is 0.118 e. The fraction of sp³-hybridized carbons (Fsp3) is 0.538. The molecule has 1 unspecified atom stereocenters. The molecular formula is C13H21NO3. The average Bonchev–Trinajstić information content (AvgIpc) is 2.38. The predicted molar refractivity (Wildman–Crippen MR) is 67.5 cm³/mol. The summed E-state index contributed by atoms with van der Waals surface area (Å²) in [7, 11) is 3.29. The zero-order valence-electron chi connectivity index (χ0n) is 10.5. The Kier molecular flexibility index (Phi) is 6.62. The lowest BCUT2D eigenvalue weighted by atomic mass is 10.1. The van der Waals surface area contributed by atoms with E-state index >= 15 is 0 Å². The van der Waals surface area contributed by atoms with Crippen LogP contribution in [0.1, 0.15) is 5.56 Å². The van der Waals surface area contributed by atoms with Crippen LogP contribution in [0.2, 0.25) is 0 Å². The third-order valence-corrected chi connectivity index (χ3v) is 2.59. The van der Waals surface area contributed by atoms with Crippen molar-refractivity contribution in [3.05, 3.63) is 29.8 Å². The Morgan fingerprint density at radius 1 is 1.24 bits per heavy atom. The lowest BCUT2D eigenvalue weighted by Gasteiger charge is -2.15. The van der Waals surface area contributed by atoms with E-state index in [2.05, 4.69) is 5.32 Å². The fourth-order valence-electron chi connectivity index (χ4n) is 1.59. The minimum Gasteiger partial charge on any atom is -0.497 e. The molecule has 0 bridgehead atoms. The summed E-state index contributed by atoms with van der Waals surface area (Å²) in [6.45, 7) is 1.44. The van der Waals surface area contributed by atoms with Crippen molar-refractivity contribution in [3.63, 3.8) is 0 Å². The highest BCUT2D eigenvalue weighted by Crippen LogP contribution is 2.11. The number of methoxy groups -OCH3 is 2. The Balaban J connectivity index is 2.29. The summed E-state index contributed by atoms with van der Waals surface area (Å²) in [6.07, 6.45) is 0.921. The molecule has 0 aliphatic heterocycles. The first-order valence-corrected chi connectivity index (χ1v) is 5.76. The van der Waals surface area contributed by atoms with Gasteiger partial charge in [0, 0.05) is 7.11 Å². The van der Waals surface area contributed by atoms with Crippen LogP contribution >= 0.6 is 0 Å². The fourth-order valence-corrected chi connectivity index (χ4v) is 1.59. The summed E-state index contributed by atoms with van der Waals surface area (Å²) in [4.78, 5) is 0. The molecule has 0 aliphatic carbocycles. The second-order valence-corrected chi connectivity index (χ2v) is 3.89. The molecule has 0 aromatic heterocycles. The van der Waals surface area contributed by atoms with Crippen molar-refractivity contribution in [1.82, 2.24) is 5.32 Å². The molecule has 0 spiro atoms. The quantitative estimate of drug-likeness (QED) is 0.705.